The van der Waals surface area contributed by atoms with Crippen LogP contribution in [0, 0.1) is 41.5 Å². The van der Waals surface area contributed by atoms with Crippen molar-refractivity contribution in [2.75, 3.05) is 9.80 Å². The molecule has 8 nitrogen and oxygen atoms in total. The van der Waals surface area contributed by atoms with Crippen molar-refractivity contribution in [3.8, 4) is 35.1 Å². The van der Waals surface area contributed by atoms with Gasteiger partial charge in [-0.3, -0.25) is 0 Å². The molecular weight excluding hydrogens is 1050 g/mol. The first kappa shape index (κ1) is 47.1. The number of pyridine rings is 1. The summed E-state index contributed by atoms with van der Waals surface area (Å²) in [6.07, 6.45) is 1.88. The molecule has 71 heavy (non-hydrogen) atoms. The summed E-state index contributed by atoms with van der Waals surface area (Å²) in [4.78, 5) is 9.45. The van der Waals surface area contributed by atoms with Crippen LogP contribution in [0.2, 0.25) is 0 Å². The number of nitrogens with zero attached hydrogens (tertiary/aromatic N) is 7. The number of nitriles is 2. The van der Waals surface area contributed by atoms with Gasteiger partial charge in [0, 0.05) is 72.1 Å². The Morgan fingerprint density at radius 2 is 1.11 bits per heavy atom. The second-order valence-electron chi connectivity index (χ2n) is 21.4. The van der Waals surface area contributed by atoms with Gasteiger partial charge in [-0.25, -0.2) is 4.98 Å². The zero-order valence-corrected chi connectivity index (χ0v) is 43.6. The van der Waals surface area contributed by atoms with Gasteiger partial charge in [-0.05, 0) is 123 Å². The van der Waals surface area contributed by atoms with Gasteiger partial charge in [0.2, 0.25) is 0 Å². The van der Waals surface area contributed by atoms with E-state index in [-0.39, 0.29) is 37.3 Å². The maximum atomic E-state index is 10.0. The minimum absolute atomic E-state index is 0. The van der Waals surface area contributed by atoms with E-state index in [0.29, 0.717) is 22.6 Å². The zero-order chi connectivity index (χ0) is 48.9. The van der Waals surface area contributed by atoms with Gasteiger partial charge in [0.25, 0.3) is 0 Å². The Kier molecular flexibility index (Phi) is 11.5. The molecule has 0 saturated carbocycles. The van der Waals surface area contributed by atoms with E-state index in [2.05, 4.69) is 197 Å². The molecule has 0 amide bonds. The van der Waals surface area contributed by atoms with Crippen LogP contribution in [-0.4, -0.2) is 14.1 Å². The zero-order valence-electron chi connectivity index (χ0n) is 41.3. The van der Waals surface area contributed by atoms with Gasteiger partial charge in [-0.15, -0.1) is 42.7 Å². The summed E-state index contributed by atoms with van der Waals surface area (Å²) in [5, 5.41) is 23.8. The molecule has 9 heteroatoms. The molecule has 0 spiro atoms. The molecule has 0 N–H and O–H groups in total. The van der Waals surface area contributed by atoms with Crippen LogP contribution < -0.4 is 14.5 Å². The SMILES string of the molecule is CC(C)(C)c1cc(N2[CH-]N(c3[c-]c(Oc4[c-]c5c(c(-n6c7ccc(C#N)cc7c7cc(C#N)ccc76)c4)c4ccccc4n5-c4cc(C(C)(C)C)ccn4)ccc3)c3ccccc32)cc(C(C)(C)C)c1.[Pt]. The smallest absolute Gasteiger partial charge is 0.135 e. The maximum absolute atomic E-state index is 10.0. The number of ether oxygens (including phenoxy) is 1. The molecule has 1 aliphatic rings. The van der Waals surface area contributed by atoms with E-state index >= 15 is 0 Å². The summed E-state index contributed by atoms with van der Waals surface area (Å²) >= 11 is 0. The average Bonchev–Trinajstić information content (AvgIpc) is 4.00. The van der Waals surface area contributed by atoms with Crippen LogP contribution in [0.25, 0.3) is 55.1 Å². The number of fused-ring (bicyclic) bond motifs is 7. The topological polar surface area (TPSA) is 86.0 Å². The molecule has 0 unspecified atom stereocenters. The minimum atomic E-state index is -0.121. The van der Waals surface area contributed by atoms with Crippen molar-refractivity contribution in [2.24, 2.45) is 0 Å². The summed E-state index contributed by atoms with van der Waals surface area (Å²) in [7, 11) is 0. The fourth-order valence-electron chi connectivity index (χ4n) is 9.75. The quantitative estimate of drug-likeness (QED) is 0.154. The molecule has 354 valence electrons. The number of hydrogen-bond donors (Lipinski definition) is 0. The first-order chi connectivity index (χ1) is 33.5. The molecule has 0 atom stereocenters. The van der Waals surface area contributed by atoms with E-state index in [0.717, 1.165) is 83.4 Å². The van der Waals surface area contributed by atoms with E-state index in [1.54, 1.807) is 0 Å². The number of benzene rings is 7. The first-order valence-corrected chi connectivity index (χ1v) is 23.7. The van der Waals surface area contributed by atoms with Gasteiger partial charge in [-0.2, -0.15) is 16.6 Å². The second kappa shape index (κ2) is 17.3. The first-order valence-electron chi connectivity index (χ1n) is 23.7. The van der Waals surface area contributed by atoms with Gasteiger partial charge in [0.1, 0.15) is 5.82 Å². The van der Waals surface area contributed by atoms with Gasteiger partial charge in [-0.1, -0.05) is 110 Å². The normalized spacial score (nSPS) is 12.9. The van der Waals surface area contributed by atoms with E-state index in [1.807, 2.05) is 60.8 Å². The third kappa shape index (κ3) is 8.21. The van der Waals surface area contributed by atoms with Crippen LogP contribution in [0.15, 0.2) is 146 Å². The van der Waals surface area contributed by atoms with Crippen molar-refractivity contribution < 1.29 is 25.8 Å². The van der Waals surface area contributed by atoms with Crippen LogP contribution in [0.4, 0.5) is 22.7 Å². The third-order valence-corrected chi connectivity index (χ3v) is 13.5. The number of rotatable bonds is 6. The van der Waals surface area contributed by atoms with Crippen LogP contribution in [0.3, 0.4) is 0 Å². The van der Waals surface area contributed by atoms with Crippen LogP contribution in [0.5, 0.6) is 11.5 Å². The molecule has 0 radical (unpaired) electrons. The fourth-order valence-corrected chi connectivity index (χ4v) is 9.75. The molecule has 3 aromatic heterocycles. The molecule has 1 aliphatic heterocycles. The van der Waals surface area contributed by atoms with Crippen molar-refractivity contribution in [2.45, 2.75) is 78.6 Å². The van der Waals surface area contributed by atoms with Crippen LogP contribution in [-0.2, 0) is 37.3 Å². The van der Waals surface area contributed by atoms with E-state index < -0.39 is 0 Å². The summed E-state index contributed by atoms with van der Waals surface area (Å²) in [5.74, 6) is 1.76. The summed E-state index contributed by atoms with van der Waals surface area (Å²) in [5.41, 5.74) is 13.0. The molecule has 7 aromatic carbocycles. The molecule has 10 aromatic rings. The van der Waals surface area contributed by atoms with Crippen molar-refractivity contribution in [3.05, 3.63) is 192 Å². The predicted octanol–water partition coefficient (Wildman–Crippen LogP) is 15.7. The number of para-hydroxylation sites is 3. The van der Waals surface area contributed by atoms with Crippen LogP contribution in [0.1, 0.15) is 90.1 Å². The monoisotopic (exact) mass is 1110 g/mol. The minimum Gasteiger partial charge on any atom is -0.509 e. The number of anilines is 4. The Hall–Kier alpha value is -7.64. The van der Waals surface area contributed by atoms with Crippen molar-refractivity contribution in [3.63, 3.8) is 0 Å². The summed E-state index contributed by atoms with van der Waals surface area (Å²) in [6.45, 7) is 22.4. The third-order valence-electron chi connectivity index (χ3n) is 13.5. The van der Waals surface area contributed by atoms with Crippen molar-refractivity contribution in [1.29, 1.82) is 10.5 Å². The molecule has 0 aliphatic carbocycles. The number of aromatic nitrogens is 3. The Labute approximate surface area is 430 Å². The van der Waals surface area contributed by atoms with Crippen molar-refractivity contribution in [1.82, 2.24) is 14.1 Å². The second-order valence-corrected chi connectivity index (χ2v) is 21.4. The van der Waals surface area contributed by atoms with Crippen molar-refractivity contribution >= 4 is 66.4 Å². The van der Waals surface area contributed by atoms with Gasteiger partial charge >= 0.3 is 0 Å². The summed E-state index contributed by atoms with van der Waals surface area (Å²) in [6, 6.07) is 59.6. The van der Waals surface area contributed by atoms with E-state index in [4.69, 9.17) is 9.72 Å². The number of hydrogen-bond acceptors (Lipinski definition) is 6. The Morgan fingerprint density at radius 1 is 0.521 bits per heavy atom. The van der Waals surface area contributed by atoms with Gasteiger partial charge in [0.05, 0.1) is 34.3 Å². The van der Waals surface area contributed by atoms with Crippen LogP contribution >= 0.6 is 0 Å². The fraction of sp³-hybridized carbons (Fsp3) is 0.194. The Bertz CT molecular complexity index is 3740. The summed E-state index contributed by atoms with van der Waals surface area (Å²) < 4.78 is 11.4. The average molecular weight is 1110 g/mol. The van der Waals surface area contributed by atoms with E-state index in [9.17, 15) is 10.5 Å². The van der Waals surface area contributed by atoms with Gasteiger partial charge < -0.3 is 23.7 Å². The van der Waals surface area contributed by atoms with E-state index in [1.165, 1.54) is 11.1 Å². The molecule has 0 fully saturated rings. The molecule has 4 heterocycles. The molecule has 0 saturated heterocycles. The Morgan fingerprint density at radius 3 is 1.73 bits per heavy atom. The predicted molar refractivity (Wildman–Crippen MR) is 284 cm³/mol. The molecule has 11 rings (SSSR count). The molecular formula is C62H52N7OPt-3. The Balaban J connectivity index is 0.00000582. The largest absolute Gasteiger partial charge is 0.509 e. The maximum Gasteiger partial charge on any atom is 0.135 e. The standard InChI is InChI=1S/C62H52N7O.Pt/c1-60(2,3)41-25-26-65-58(32-41)69-51-18-11-10-17-48(51)59-56(68-52-23-21-39(36-63)27-49(52)50-28-40(37-64)22-24-53(50)68)34-47(35-57(59)69)70-46-16-14-15-44(33-46)66-38-67(55-20-13-12-19-54(55)66)45-30-42(61(4,5)6)29-43(31-45)62(7,8)9;/h10-32,34,38H,1-9H3;/q-3;. The molecule has 0 bridgehead atoms. The van der Waals surface area contributed by atoms with Gasteiger partial charge in [0.15, 0.2) is 0 Å².